The van der Waals surface area contributed by atoms with Crippen LogP contribution in [0.5, 0.6) is 0 Å². The lowest BCUT2D eigenvalue weighted by Crippen LogP contribution is -2.36. The minimum atomic E-state index is -0.845. The Bertz CT molecular complexity index is 420. The van der Waals surface area contributed by atoms with Crippen LogP contribution in [-0.4, -0.2) is 29.3 Å². The maximum atomic E-state index is 9.69. The number of aliphatic hydroxyl groups is 1. The van der Waals surface area contributed by atoms with Crippen LogP contribution in [0.15, 0.2) is 12.3 Å². The second-order valence-electron chi connectivity index (χ2n) is 4.28. The van der Waals surface area contributed by atoms with Crippen molar-refractivity contribution in [3.63, 3.8) is 0 Å². The summed E-state index contributed by atoms with van der Waals surface area (Å²) in [6, 6.07) is 3.55. The van der Waals surface area contributed by atoms with Gasteiger partial charge >= 0.3 is 0 Å². The van der Waals surface area contributed by atoms with E-state index in [4.69, 9.17) is 16.9 Å². The minimum absolute atomic E-state index is 0.316. The molecule has 0 fully saturated rings. The summed E-state index contributed by atoms with van der Waals surface area (Å²) in [6.07, 6.45) is 1.53. The Morgan fingerprint density at radius 2 is 2.25 bits per heavy atom. The third-order valence-corrected chi connectivity index (χ3v) is 2.35. The Kier molecular flexibility index (Phi) is 3.74. The molecule has 0 aliphatic carbocycles. The first-order valence-electron chi connectivity index (χ1n) is 4.83. The van der Waals surface area contributed by atoms with Gasteiger partial charge in [-0.25, -0.2) is 4.98 Å². The summed E-state index contributed by atoms with van der Waals surface area (Å²) in [5.41, 5.74) is -0.461. The van der Waals surface area contributed by atoms with Crippen molar-refractivity contribution >= 4 is 17.4 Å². The number of rotatable bonds is 3. The quantitative estimate of drug-likeness (QED) is 0.874. The number of hydrogen-bond donors (Lipinski definition) is 1. The van der Waals surface area contributed by atoms with E-state index >= 15 is 0 Å². The molecule has 1 rings (SSSR count). The van der Waals surface area contributed by atoms with E-state index in [9.17, 15) is 5.11 Å². The van der Waals surface area contributed by atoms with E-state index in [2.05, 4.69) is 4.98 Å². The average molecular weight is 240 g/mol. The molecule has 0 bridgehead atoms. The Morgan fingerprint density at radius 1 is 1.62 bits per heavy atom. The van der Waals surface area contributed by atoms with Gasteiger partial charge in [0.2, 0.25) is 0 Å². The largest absolute Gasteiger partial charge is 0.389 e. The van der Waals surface area contributed by atoms with E-state index in [0.717, 1.165) is 0 Å². The summed E-state index contributed by atoms with van der Waals surface area (Å²) in [5, 5.41) is 18.8. The Morgan fingerprint density at radius 3 is 2.75 bits per heavy atom. The first-order chi connectivity index (χ1) is 7.35. The SMILES string of the molecule is CN(CC(C)(C)O)c1nccc(C#N)c1Cl. The van der Waals surface area contributed by atoms with Crippen LogP contribution >= 0.6 is 11.6 Å². The standard InChI is InChI=1S/C11H14ClN3O/c1-11(2,16)7-15(3)10-9(12)8(6-13)4-5-14-10/h4-5,16H,7H2,1-3H3. The molecule has 0 radical (unpaired) electrons. The topological polar surface area (TPSA) is 60.1 Å². The van der Waals surface area contributed by atoms with E-state index < -0.39 is 5.60 Å². The second-order valence-corrected chi connectivity index (χ2v) is 4.65. The van der Waals surface area contributed by atoms with Crippen molar-refractivity contribution in [1.29, 1.82) is 5.26 Å². The molecule has 16 heavy (non-hydrogen) atoms. The van der Waals surface area contributed by atoms with Crippen LogP contribution in [0, 0.1) is 11.3 Å². The minimum Gasteiger partial charge on any atom is -0.389 e. The highest BCUT2D eigenvalue weighted by molar-refractivity contribution is 6.34. The Hall–Kier alpha value is -1.31. The lowest BCUT2D eigenvalue weighted by molar-refractivity contribution is 0.0884. The van der Waals surface area contributed by atoms with Crippen LogP contribution in [0.3, 0.4) is 0 Å². The van der Waals surface area contributed by atoms with Gasteiger partial charge in [-0.15, -0.1) is 0 Å². The molecule has 4 nitrogen and oxygen atoms in total. The first-order valence-corrected chi connectivity index (χ1v) is 5.21. The van der Waals surface area contributed by atoms with E-state index in [1.165, 1.54) is 6.20 Å². The van der Waals surface area contributed by atoms with Crippen molar-refractivity contribution in [2.45, 2.75) is 19.4 Å². The van der Waals surface area contributed by atoms with Crippen LogP contribution in [0.1, 0.15) is 19.4 Å². The molecular weight excluding hydrogens is 226 g/mol. The van der Waals surface area contributed by atoms with Gasteiger partial charge in [-0.3, -0.25) is 0 Å². The maximum Gasteiger partial charge on any atom is 0.148 e. The van der Waals surface area contributed by atoms with E-state index in [1.54, 1.807) is 31.9 Å². The highest BCUT2D eigenvalue weighted by atomic mass is 35.5. The fraction of sp³-hybridized carbons (Fsp3) is 0.455. The van der Waals surface area contributed by atoms with Gasteiger partial charge in [-0.2, -0.15) is 5.26 Å². The van der Waals surface area contributed by atoms with Gasteiger partial charge in [0.05, 0.1) is 11.2 Å². The Labute approximate surface area is 100 Å². The summed E-state index contributed by atoms with van der Waals surface area (Å²) in [6.45, 7) is 3.78. The number of halogens is 1. The molecule has 1 aromatic heterocycles. The maximum absolute atomic E-state index is 9.69. The van der Waals surface area contributed by atoms with Crippen LogP contribution in [-0.2, 0) is 0 Å². The van der Waals surface area contributed by atoms with Crippen molar-refractivity contribution in [2.24, 2.45) is 0 Å². The van der Waals surface area contributed by atoms with E-state index in [1.807, 2.05) is 6.07 Å². The van der Waals surface area contributed by atoms with Crippen molar-refractivity contribution in [3.05, 3.63) is 22.8 Å². The fourth-order valence-corrected chi connectivity index (χ4v) is 1.74. The van der Waals surface area contributed by atoms with Crippen LogP contribution < -0.4 is 4.90 Å². The molecule has 0 unspecified atom stereocenters. The summed E-state index contributed by atoms with van der Waals surface area (Å²) in [4.78, 5) is 5.83. The number of nitriles is 1. The summed E-state index contributed by atoms with van der Waals surface area (Å²) < 4.78 is 0. The molecule has 1 heterocycles. The van der Waals surface area contributed by atoms with Crippen molar-refractivity contribution in [2.75, 3.05) is 18.5 Å². The predicted molar refractivity (Wildman–Crippen MR) is 63.5 cm³/mol. The third kappa shape index (κ3) is 3.09. The zero-order valence-corrected chi connectivity index (χ0v) is 10.3. The molecule has 0 atom stereocenters. The highest BCUT2D eigenvalue weighted by Crippen LogP contribution is 2.26. The lowest BCUT2D eigenvalue weighted by atomic mass is 10.1. The molecule has 0 amide bonds. The molecule has 0 saturated heterocycles. The molecule has 0 aliphatic rings. The van der Waals surface area contributed by atoms with Crippen molar-refractivity contribution < 1.29 is 5.11 Å². The number of nitrogens with zero attached hydrogens (tertiary/aromatic N) is 3. The summed E-state index contributed by atoms with van der Waals surface area (Å²) >= 11 is 6.02. The molecule has 86 valence electrons. The second kappa shape index (κ2) is 4.69. The van der Waals surface area contributed by atoms with Gasteiger partial charge in [0.1, 0.15) is 16.9 Å². The predicted octanol–water partition coefficient (Wildman–Crippen LogP) is 1.81. The molecule has 0 aromatic carbocycles. The smallest absolute Gasteiger partial charge is 0.148 e. The van der Waals surface area contributed by atoms with E-state index in [0.29, 0.717) is 22.9 Å². The molecule has 5 heteroatoms. The van der Waals surface area contributed by atoms with Crippen molar-refractivity contribution in [3.8, 4) is 6.07 Å². The first kappa shape index (κ1) is 12.8. The van der Waals surface area contributed by atoms with Crippen molar-refractivity contribution in [1.82, 2.24) is 4.98 Å². The molecule has 0 saturated carbocycles. The number of hydrogen-bond acceptors (Lipinski definition) is 4. The van der Waals surface area contributed by atoms with Crippen LogP contribution in [0.25, 0.3) is 0 Å². The lowest BCUT2D eigenvalue weighted by Gasteiger charge is -2.27. The number of likely N-dealkylation sites (N-methyl/N-ethyl adjacent to an activating group) is 1. The van der Waals surface area contributed by atoms with Gasteiger partial charge in [-0.1, -0.05) is 11.6 Å². The zero-order valence-electron chi connectivity index (χ0n) is 9.53. The monoisotopic (exact) mass is 239 g/mol. The molecular formula is C11H14ClN3O. The number of aromatic nitrogens is 1. The van der Waals surface area contributed by atoms with Gasteiger partial charge in [0.15, 0.2) is 0 Å². The molecule has 0 aliphatic heterocycles. The van der Waals surface area contributed by atoms with Gasteiger partial charge in [0.25, 0.3) is 0 Å². The normalized spacial score (nSPS) is 11.0. The van der Waals surface area contributed by atoms with Crippen LogP contribution in [0.4, 0.5) is 5.82 Å². The third-order valence-electron chi connectivity index (χ3n) is 1.98. The van der Waals surface area contributed by atoms with E-state index in [-0.39, 0.29) is 0 Å². The van der Waals surface area contributed by atoms with Crippen LogP contribution in [0.2, 0.25) is 5.02 Å². The number of anilines is 1. The molecule has 0 spiro atoms. The highest BCUT2D eigenvalue weighted by Gasteiger charge is 2.19. The van der Waals surface area contributed by atoms with Gasteiger partial charge in [-0.05, 0) is 19.9 Å². The zero-order chi connectivity index (χ0) is 12.3. The van der Waals surface area contributed by atoms with Gasteiger partial charge in [0, 0.05) is 19.8 Å². The molecule has 1 N–H and O–H groups in total. The fourth-order valence-electron chi connectivity index (χ4n) is 1.44. The number of pyridine rings is 1. The van der Waals surface area contributed by atoms with Gasteiger partial charge < -0.3 is 10.0 Å². The summed E-state index contributed by atoms with van der Waals surface area (Å²) in [5.74, 6) is 0.503. The average Bonchev–Trinajstić information content (AvgIpc) is 2.15. The molecule has 1 aromatic rings. The summed E-state index contributed by atoms with van der Waals surface area (Å²) in [7, 11) is 1.77. The Balaban J connectivity index is 3.01.